The predicted molar refractivity (Wildman–Crippen MR) is 111 cm³/mol. The third-order valence-electron chi connectivity index (χ3n) is 5.59. The van der Waals surface area contributed by atoms with Gasteiger partial charge in [-0.2, -0.15) is 5.10 Å². The first-order chi connectivity index (χ1) is 14.5. The van der Waals surface area contributed by atoms with Gasteiger partial charge < -0.3 is 21.1 Å². The summed E-state index contributed by atoms with van der Waals surface area (Å²) in [7, 11) is 0. The number of carbonyl (C=O) groups is 1. The van der Waals surface area contributed by atoms with E-state index in [1.54, 1.807) is 23.9 Å². The van der Waals surface area contributed by atoms with Crippen LogP contribution in [0.4, 0.5) is 15.9 Å². The Labute approximate surface area is 170 Å². The molecule has 154 valence electrons. The second kappa shape index (κ2) is 6.70. The molecule has 0 radical (unpaired) electrons. The van der Waals surface area contributed by atoms with Crippen molar-refractivity contribution in [1.29, 1.82) is 0 Å². The third-order valence-corrected chi connectivity index (χ3v) is 5.59. The zero-order valence-corrected chi connectivity index (χ0v) is 16.3. The number of aromatic amines is 1. The number of fused-ring (bicyclic) bond motifs is 2. The lowest BCUT2D eigenvalue weighted by atomic mass is 10.1. The molecule has 30 heavy (non-hydrogen) atoms. The van der Waals surface area contributed by atoms with Crippen LogP contribution in [-0.2, 0) is 4.74 Å². The van der Waals surface area contributed by atoms with E-state index in [1.165, 1.54) is 6.07 Å². The molecule has 1 aliphatic heterocycles. The van der Waals surface area contributed by atoms with E-state index in [0.717, 1.165) is 5.69 Å². The van der Waals surface area contributed by atoms with E-state index in [4.69, 9.17) is 16.2 Å². The Hall–Kier alpha value is -3.66. The summed E-state index contributed by atoms with van der Waals surface area (Å²) in [5.74, 6) is -0.983. The van der Waals surface area contributed by atoms with Gasteiger partial charge in [-0.15, -0.1) is 0 Å². The summed E-state index contributed by atoms with van der Waals surface area (Å²) in [6.07, 6.45) is 3.31. The summed E-state index contributed by atoms with van der Waals surface area (Å²) < 4.78 is 21.6. The van der Waals surface area contributed by atoms with Gasteiger partial charge in [-0.1, -0.05) is 0 Å². The zero-order chi connectivity index (χ0) is 21.0. The van der Waals surface area contributed by atoms with E-state index in [-0.39, 0.29) is 11.4 Å². The Bertz CT molecular complexity index is 1300. The van der Waals surface area contributed by atoms with Crippen molar-refractivity contribution in [3.8, 4) is 5.69 Å². The number of hydrogen-bond donors (Lipinski definition) is 3. The number of hydrogen-bond acceptors (Lipinski definition) is 6. The van der Waals surface area contributed by atoms with Gasteiger partial charge in [0.1, 0.15) is 17.3 Å². The number of nitrogens with one attached hydrogen (secondary N) is 1. The number of aromatic nitrogens is 4. The van der Waals surface area contributed by atoms with E-state index in [1.807, 2.05) is 6.07 Å². The Morgan fingerprint density at radius 3 is 2.73 bits per heavy atom. The molecule has 0 aliphatic carbocycles. The molecule has 5 N–H and O–H groups in total. The number of H-pyrrole nitrogens is 1. The van der Waals surface area contributed by atoms with Crippen LogP contribution in [0.3, 0.4) is 0 Å². The lowest BCUT2D eigenvalue weighted by Gasteiger charge is -2.28. The Morgan fingerprint density at radius 1 is 1.23 bits per heavy atom. The van der Waals surface area contributed by atoms with E-state index in [2.05, 4.69) is 20.1 Å². The van der Waals surface area contributed by atoms with Crippen molar-refractivity contribution in [3.05, 3.63) is 41.5 Å². The summed E-state index contributed by atoms with van der Waals surface area (Å²) in [6, 6.07) is 3.23. The van der Waals surface area contributed by atoms with Gasteiger partial charge in [0.05, 0.1) is 48.1 Å². The first-order valence-electron chi connectivity index (χ1n) is 9.52. The Morgan fingerprint density at radius 2 is 2.00 bits per heavy atom. The number of nitrogens with zero attached hydrogens (tertiary/aromatic N) is 4. The fraction of sp³-hybridized carbons (Fsp3) is 0.250. The van der Waals surface area contributed by atoms with Gasteiger partial charge in [-0.3, -0.25) is 14.5 Å². The van der Waals surface area contributed by atoms with Crippen molar-refractivity contribution in [1.82, 2.24) is 19.7 Å². The van der Waals surface area contributed by atoms with Crippen LogP contribution in [0.15, 0.2) is 24.5 Å². The third kappa shape index (κ3) is 2.61. The van der Waals surface area contributed by atoms with Crippen molar-refractivity contribution in [2.45, 2.75) is 6.92 Å². The molecule has 5 rings (SSSR count). The van der Waals surface area contributed by atoms with Crippen molar-refractivity contribution in [3.63, 3.8) is 0 Å². The number of carbonyl (C=O) groups excluding carboxylic acids is 1. The van der Waals surface area contributed by atoms with E-state index in [9.17, 15) is 9.18 Å². The van der Waals surface area contributed by atoms with Crippen molar-refractivity contribution >= 4 is 39.3 Å². The maximum atomic E-state index is 14.6. The zero-order valence-electron chi connectivity index (χ0n) is 16.3. The van der Waals surface area contributed by atoms with Crippen molar-refractivity contribution in [2.24, 2.45) is 5.73 Å². The molecule has 0 spiro atoms. The molecule has 1 aromatic carbocycles. The van der Waals surface area contributed by atoms with Crippen molar-refractivity contribution < 1.29 is 13.9 Å². The average molecular weight is 409 g/mol. The average Bonchev–Trinajstić information content (AvgIpc) is 3.31. The van der Waals surface area contributed by atoms with Gasteiger partial charge in [-0.25, -0.2) is 9.37 Å². The number of ether oxygens (including phenoxy) is 1. The topological polar surface area (TPSA) is 128 Å². The van der Waals surface area contributed by atoms with Gasteiger partial charge in [-0.05, 0) is 19.1 Å². The SMILES string of the molecule is Cc1c(F)cc2[nH]ncc2c1-n1c(N)c(C(N)=O)c2cc(N3CCOCC3)cnc21. The first-order valence-corrected chi connectivity index (χ1v) is 9.52. The maximum absolute atomic E-state index is 14.6. The van der Waals surface area contributed by atoms with Crippen molar-refractivity contribution in [2.75, 3.05) is 36.9 Å². The molecule has 1 saturated heterocycles. The van der Waals surface area contributed by atoms with Crippen LogP contribution in [-0.4, -0.2) is 52.0 Å². The molecule has 9 nitrogen and oxygen atoms in total. The minimum atomic E-state index is -0.672. The Kier molecular flexibility index (Phi) is 4.10. The minimum Gasteiger partial charge on any atom is -0.384 e. The predicted octanol–water partition coefficient (Wildman–Crippen LogP) is 1.87. The largest absolute Gasteiger partial charge is 0.384 e. The van der Waals surface area contributed by atoms with Gasteiger partial charge in [0, 0.05) is 29.4 Å². The molecule has 1 amide bonds. The monoisotopic (exact) mass is 409 g/mol. The maximum Gasteiger partial charge on any atom is 0.253 e. The van der Waals surface area contributed by atoms with Crippen LogP contribution in [0.1, 0.15) is 15.9 Å². The second-order valence-electron chi connectivity index (χ2n) is 7.29. The molecule has 1 aliphatic rings. The molecule has 3 aromatic heterocycles. The van der Waals surface area contributed by atoms with E-state index < -0.39 is 11.7 Å². The van der Waals surface area contributed by atoms with Crippen LogP contribution >= 0.6 is 0 Å². The number of nitrogen functional groups attached to an aromatic ring is 1. The highest BCUT2D eigenvalue weighted by molar-refractivity contribution is 6.12. The highest BCUT2D eigenvalue weighted by atomic mass is 19.1. The molecular formula is C20H20FN7O2. The van der Waals surface area contributed by atoms with E-state index >= 15 is 0 Å². The number of morpholine rings is 1. The summed E-state index contributed by atoms with van der Waals surface area (Å²) in [6.45, 7) is 4.31. The first kappa shape index (κ1) is 18.4. The smallest absolute Gasteiger partial charge is 0.253 e. The molecule has 4 heterocycles. The highest BCUT2D eigenvalue weighted by Gasteiger charge is 2.25. The van der Waals surface area contributed by atoms with Gasteiger partial charge in [0.2, 0.25) is 0 Å². The molecular weight excluding hydrogens is 389 g/mol. The fourth-order valence-corrected chi connectivity index (χ4v) is 4.09. The standard InChI is InChI=1S/C20H20FN7O2/c1-10-14(21)7-15-13(9-25-26-15)17(10)28-18(22)16(19(23)29)12-6-11(8-24-20(12)28)27-2-4-30-5-3-27/h6-9H,2-5,22H2,1H3,(H2,23,29)(H,25,26). The van der Waals surface area contributed by atoms with Crippen LogP contribution in [0, 0.1) is 12.7 Å². The number of anilines is 2. The Balaban J connectivity index is 1.82. The number of halogens is 1. The number of pyridine rings is 1. The normalized spacial score (nSPS) is 14.7. The molecule has 0 unspecified atom stereocenters. The summed E-state index contributed by atoms with van der Waals surface area (Å²) in [4.78, 5) is 19.0. The number of benzene rings is 1. The number of primary amides is 1. The highest BCUT2D eigenvalue weighted by Crippen LogP contribution is 2.37. The van der Waals surface area contributed by atoms with Gasteiger partial charge >= 0.3 is 0 Å². The molecule has 4 aromatic rings. The molecule has 0 bridgehead atoms. The quantitative estimate of drug-likeness (QED) is 0.474. The summed E-state index contributed by atoms with van der Waals surface area (Å²) in [5, 5.41) is 7.97. The molecule has 1 fully saturated rings. The number of amides is 1. The van der Waals surface area contributed by atoms with Gasteiger partial charge in [0.25, 0.3) is 5.91 Å². The number of rotatable bonds is 3. The van der Waals surface area contributed by atoms with Gasteiger partial charge in [0.15, 0.2) is 0 Å². The molecule has 10 heteroatoms. The molecule has 0 saturated carbocycles. The molecule has 0 atom stereocenters. The van der Waals surface area contributed by atoms with Crippen LogP contribution in [0.5, 0.6) is 0 Å². The second-order valence-corrected chi connectivity index (χ2v) is 7.29. The van der Waals surface area contributed by atoms with E-state index in [0.29, 0.717) is 59.5 Å². The summed E-state index contributed by atoms with van der Waals surface area (Å²) >= 11 is 0. The van der Waals surface area contributed by atoms with Crippen LogP contribution < -0.4 is 16.4 Å². The fourth-order valence-electron chi connectivity index (χ4n) is 4.09. The summed E-state index contributed by atoms with van der Waals surface area (Å²) in [5.41, 5.74) is 14.8. The lowest BCUT2D eigenvalue weighted by Crippen LogP contribution is -2.36. The minimum absolute atomic E-state index is 0.111. The lowest BCUT2D eigenvalue weighted by molar-refractivity contribution is 0.100. The van der Waals surface area contributed by atoms with Crippen LogP contribution in [0.25, 0.3) is 27.6 Å². The van der Waals surface area contributed by atoms with Crippen LogP contribution in [0.2, 0.25) is 0 Å². The number of nitrogens with two attached hydrogens (primary N) is 2.